The Morgan fingerprint density at radius 1 is 0.793 bits per heavy atom. The topological polar surface area (TPSA) is 153 Å². The van der Waals surface area contributed by atoms with Gasteiger partial charge in [-0.05, 0) is 25.7 Å². The fourth-order valence-corrected chi connectivity index (χ4v) is 4.89. The van der Waals surface area contributed by atoms with Crippen molar-refractivity contribution >= 4 is 35.7 Å². The van der Waals surface area contributed by atoms with Gasteiger partial charge in [0.25, 0.3) is 0 Å². The summed E-state index contributed by atoms with van der Waals surface area (Å²) in [5.41, 5.74) is 0. The maximum absolute atomic E-state index is 11.1. The summed E-state index contributed by atoms with van der Waals surface area (Å²) in [6.45, 7) is 0. The van der Waals surface area contributed by atoms with E-state index in [0.29, 0.717) is 18.1 Å². The minimum Gasteiger partial charge on any atom is -0.481 e. The summed E-state index contributed by atoms with van der Waals surface area (Å²) < 4.78 is 0. The van der Waals surface area contributed by atoms with E-state index in [-0.39, 0.29) is 37.4 Å². The van der Waals surface area contributed by atoms with Crippen molar-refractivity contribution < 1.29 is 34.5 Å². The fourth-order valence-electron chi connectivity index (χ4n) is 3.35. The van der Waals surface area contributed by atoms with Crippen LogP contribution in [0.25, 0.3) is 0 Å². The van der Waals surface area contributed by atoms with E-state index < -0.39 is 17.9 Å². The highest BCUT2D eigenvalue weighted by atomic mass is 32.2. The third-order valence-electron chi connectivity index (χ3n) is 4.85. The molecule has 0 aromatic carbocycles. The van der Waals surface area contributed by atoms with Crippen LogP contribution in [0, 0.1) is 0 Å². The highest BCUT2D eigenvalue weighted by molar-refractivity contribution is 8.00. The van der Waals surface area contributed by atoms with Gasteiger partial charge in [-0.1, -0.05) is 25.7 Å². The number of fused-ring (bicyclic) bond motifs is 1. The summed E-state index contributed by atoms with van der Waals surface area (Å²) in [6, 6.07) is 0.440. The maximum atomic E-state index is 11.1. The number of hydrogen-bond acceptors (Lipinski definition) is 5. The second kappa shape index (κ2) is 14.1. The first-order valence-corrected chi connectivity index (χ1v) is 11.2. The third kappa shape index (κ3) is 11.6. The van der Waals surface area contributed by atoms with Crippen molar-refractivity contribution in [2.45, 2.75) is 88.0 Å². The molecule has 29 heavy (non-hydrogen) atoms. The van der Waals surface area contributed by atoms with E-state index in [9.17, 15) is 19.2 Å². The Bertz CT molecular complexity index is 541. The Morgan fingerprint density at radius 2 is 1.28 bits per heavy atom. The average molecular weight is 433 g/mol. The van der Waals surface area contributed by atoms with Gasteiger partial charge in [-0.2, -0.15) is 11.8 Å². The Morgan fingerprint density at radius 3 is 1.79 bits per heavy atom. The molecule has 0 unspecified atom stereocenters. The molecule has 2 amide bonds. The number of carbonyl (C=O) groups excluding carboxylic acids is 1. The Labute approximate surface area is 175 Å². The third-order valence-corrected chi connectivity index (χ3v) is 6.36. The molecule has 2 rings (SSSR count). The summed E-state index contributed by atoms with van der Waals surface area (Å²) in [5, 5.41) is 31.4. The normalized spacial score (nSPS) is 22.1. The number of thioether (sulfide) groups is 1. The fraction of sp³-hybridized carbons (Fsp3) is 0.789. The van der Waals surface area contributed by atoms with Gasteiger partial charge in [0.2, 0.25) is 0 Å². The monoisotopic (exact) mass is 432 g/mol. The van der Waals surface area contributed by atoms with Crippen LogP contribution >= 0.6 is 11.8 Å². The number of unbranched alkanes of at least 4 members (excludes halogenated alkanes) is 5. The highest BCUT2D eigenvalue weighted by Gasteiger charge is 2.42. The largest absolute Gasteiger partial charge is 0.481 e. The lowest BCUT2D eigenvalue weighted by molar-refractivity contribution is -0.138. The molecular weight excluding hydrogens is 400 g/mol. The smallest absolute Gasteiger partial charge is 0.315 e. The van der Waals surface area contributed by atoms with Gasteiger partial charge in [-0.15, -0.1) is 0 Å². The molecular formula is C19H32N2O7S. The number of hydrogen-bond donors (Lipinski definition) is 5. The SMILES string of the molecule is O=C(O)CCCCCCCC(=O)O.O=C(O)CCCC[C@@H]1SC[C@@H]2NC(=O)N[C@@H]21. The molecule has 0 spiro atoms. The van der Waals surface area contributed by atoms with Crippen molar-refractivity contribution in [3.63, 3.8) is 0 Å². The molecule has 0 saturated carbocycles. The second-order valence-corrected chi connectivity index (χ2v) is 8.59. The molecule has 9 nitrogen and oxygen atoms in total. The van der Waals surface area contributed by atoms with Crippen molar-refractivity contribution in [3.8, 4) is 0 Å². The van der Waals surface area contributed by atoms with Crippen LogP contribution < -0.4 is 10.6 Å². The van der Waals surface area contributed by atoms with E-state index in [1.807, 2.05) is 11.8 Å². The molecule has 3 atom stereocenters. The zero-order valence-electron chi connectivity index (χ0n) is 16.6. The number of urea groups is 1. The van der Waals surface area contributed by atoms with Crippen molar-refractivity contribution in [2.24, 2.45) is 0 Å². The summed E-state index contributed by atoms with van der Waals surface area (Å²) in [7, 11) is 0. The molecule has 0 aromatic rings. The second-order valence-electron chi connectivity index (χ2n) is 7.32. The number of amides is 2. The molecule has 0 aliphatic carbocycles. The zero-order chi connectivity index (χ0) is 21.6. The lowest BCUT2D eigenvalue weighted by Gasteiger charge is -2.16. The molecule has 5 N–H and O–H groups in total. The van der Waals surface area contributed by atoms with E-state index in [0.717, 1.165) is 44.3 Å². The summed E-state index contributed by atoms with van der Waals surface area (Å²) in [4.78, 5) is 41.7. The van der Waals surface area contributed by atoms with Crippen LogP contribution in [0.1, 0.15) is 70.6 Å². The Balaban J connectivity index is 0.000000298. The van der Waals surface area contributed by atoms with E-state index in [1.54, 1.807) is 0 Å². The van der Waals surface area contributed by atoms with Crippen LogP contribution in [0.5, 0.6) is 0 Å². The van der Waals surface area contributed by atoms with Gasteiger partial charge >= 0.3 is 23.9 Å². The van der Waals surface area contributed by atoms with Gasteiger partial charge < -0.3 is 26.0 Å². The van der Waals surface area contributed by atoms with Gasteiger partial charge in [0.15, 0.2) is 0 Å². The van der Waals surface area contributed by atoms with Crippen LogP contribution in [0.4, 0.5) is 4.79 Å². The van der Waals surface area contributed by atoms with E-state index in [1.165, 1.54) is 0 Å². The van der Waals surface area contributed by atoms with E-state index in [2.05, 4.69) is 10.6 Å². The predicted octanol–water partition coefficient (Wildman–Crippen LogP) is 2.68. The minimum atomic E-state index is -0.759. The van der Waals surface area contributed by atoms with Crippen molar-refractivity contribution in [1.82, 2.24) is 10.6 Å². The van der Waals surface area contributed by atoms with Gasteiger partial charge in [-0.25, -0.2) is 4.79 Å². The van der Waals surface area contributed by atoms with Crippen LogP contribution in [0.2, 0.25) is 0 Å². The van der Waals surface area contributed by atoms with Crippen LogP contribution in [-0.4, -0.2) is 62.3 Å². The number of rotatable bonds is 13. The number of aliphatic carboxylic acids is 3. The summed E-state index contributed by atoms with van der Waals surface area (Å²) >= 11 is 1.87. The Kier molecular flexibility index (Phi) is 12.2. The highest BCUT2D eigenvalue weighted by Crippen LogP contribution is 2.33. The van der Waals surface area contributed by atoms with Crippen molar-refractivity contribution in [1.29, 1.82) is 0 Å². The maximum Gasteiger partial charge on any atom is 0.315 e. The molecule has 0 radical (unpaired) electrons. The number of carboxylic acids is 3. The molecule has 0 aromatic heterocycles. The quantitative estimate of drug-likeness (QED) is 0.220. The van der Waals surface area contributed by atoms with Gasteiger partial charge in [0.05, 0.1) is 12.1 Å². The Hall–Kier alpha value is -1.97. The van der Waals surface area contributed by atoms with Crippen molar-refractivity contribution in [2.75, 3.05) is 5.75 Å². The average Bonchev–Trinajstić information content (AvgIpc) is 3.17. The first kappa shape index (κ1) is 25.1. The van der Waals surface area contributed by atoms with Gasteiger partial charge in [-0.3, -0.25) is 14.4 Å². The summed E-state index contributed by atoms with van der Waals surface area (Å²) in [5.74, 6) is -1.28. The van der Waals surface area contributed by atoms with Gasteiger partial charge in [0.1, 0.15) is 0 Å². The lowest BCUT2D eigenvalue weighted by atomic mass is 10.0. The molecule has 2 saturated heterocycles. The van der Waals surface area contributed by atoms with E-state index in [4.69, 9.17) is 15.3 Å². The van der Waals surface area contributed by atoms with Crippen LogP contribution in [0.15, 0.2) is 0 Å². The zero-order valence-corrected chi connectivity index (χ0v) is 17.4. The van der Waals surface area contributed by atoms with E-state index >= 15 is 0 Å². The van der Waals surface area contributed by atoms with Crippen LogP contribution in [-0.2, 0) is 14.4 Å². The summed E-state index contributed by atoms with van der Waals surface area (Å²) in [6.07, 6.45) is 7.41. The first-order valence-electron chi connectivity index (χ1n) is 10.1. The molecule has 2 aliphatic heterocycles. The molecule has 2 heterocycles. The predicted molar refractivity (Wildman–Crippen MR) is 109 cm³/mol. The number of carbonyl (C=O) groups is 4. The molecule has 2 fully saturated rings. The minimum absolute atomic E-state index is 0.0640. The number of nitrogens with one attached hydrogen (secondary N) is 2. The molecule has 0 bridgehead atoms. The standard InChI is InChI=1S/C10H16N2O3S.C9H16O4/c13-8(14)4-2-1-3-7-9-6(5-16-7)11-10(15)12-9;10-8(11)6-4-2-1-3-5-7-9(12)13/h6-7,9H,1-5H2,(H,13,14)(H2,11,12,15);1-7H2,(H,10,11)(H,12,13)/t6-,7-,9-;/m0./s1. The van der Waals surface area contributed by atoms with Crippen LogP contribution in [0.3, 0.4) is 0 Å². The number of carboxylic acid groups (broad SMARTS) is 3. The van der Waals surface area contributed by atoms with Crippen molar-refractivity contribution in [3.05, 3.63) is 0 Å². The molecule has 2 aliphatic rings. The molecule has 10 heteroatoms. The van der Waals surface area contributed by atoms with Gasteiger partial charge in [0, 0.05) is 30.3 Å². The first-order chi connectivity index (χ1) is 13.8. The lowest BCUT2D eigenvalue weighted by Crippen LogP contribution is -2.36. The molecule has 166 valence electrons.